The molecule has 1 aliphatic heterocycles. The van der Waals surface area contributed by atoms with Crippen LogP contribution in [0.5, 0.6) is 5.75 Å². The Kier molecular flexibility index (Phi) is 4.39. The zero-order valence-corrected chi connectivity index (χ0v) is 12.5. The Hall–Kier alpha value is -2.33. The summed E-state index contributed by atoms with van der Waals surface area (Å²) in [7, 11) is 0. The SMILES string of the molecule is O=Cc1ccc(O)c(CN2CCN(c3ccccc3)CC2)c1. The van der Waals surface area contributed by atoms with Gasteiger partial charge in [-0.3, -0.25) is 9.69 Å². The number of hydrogen-bond donors (Lipinski definition) is 1. The van der Waals surface area contributed by atoms with E-state index in [0.29, 0.717) is 12.1 Å². The van der Waals surface area contributed by atoms with Crippen molar-refractivity contribution in [1.29, 1.82) is 0 Å². The molecular weight excluding hydrogens is 276 g/mol. The van der Waals surface area contributed by atoms with Crippen LogP contribution in [0.1, 0.15) is 15.9 Å². The maximum absolute atomic E-state index is 10.9. The minimum Gasteiger partial charge on any atom is -0.508 e. The monoisotopic (exact) mass is 296 g/mol. The summed E-state index contributed by atoms with van der Waals surface area (Å²) in [4.78, 5) is 15.5. The number of para-hydroxylation sites is 1. The second kappa shape index (κ2) is 6.62. The second-order valence-electron chi connectivity index (χ2n) is 5.60. The number of carbonyl (C=O) groups is 1. The van der Waals surface area contributed by atoms with E-state index in [-0.39, 0.29) is 5.75 Å². The van der Waals surface area contributed by atoms with Gasteiger partial charge in [-0.25, -0.2) is 0 Å². The maximum Gasteiger partial charge on any atom is 0.150 e. The molecule has 0 spiro atoms. The van der Waals surface area contributed by atoms with Gasteiger partial charge >= 0.3 is 0 Å². The van der Waals surface area contributed by atoms with Gasteiger partial charge in [-0.15, -0.1) is 0 Å². The van der Waals surface area contributed by atoms with E-state index in [2.05, 4.69) is 34.1 Å². The lowest BCUT2D eigenvalue weighted by atomic mass is 10.1. The molecule has 1 aliphatic rings. The van der Waals surface area contributed by atoms with Crippen molar-refractivity contribution in [1.82, 2.24) is 4.90 Å². The summed E-state index contributed by atoms with van der Waals surface area (Å²) in [5.74, 6) is 0.260. The van der Waals surface area contributed by atoms with E-state index in [1.807, 2.05) is 6.07 Å². The van der Waals surface area contributed by atoms with Crippen molar-refractivity contribution in [2.75, 3.05) is 31.1 Å². The van der Waals surface area contributed by atoms with Gasteiger partial charge in [0.15, 0.2) is 0 Å². The number of aromatic hydroxyl groups is 1. The first-order valence-corrected chi connectivity index (χ1v) is 7.56. The van der Waals surface area contributed by atoms with Crippen LogP contribution in [0, 0.1) is 0 Å². The van der Waals surface area contributed by atoms with Gasteiger partial charge in [0.1, 0.15) is 12.0 Å². The molecule has 0 bridgehead atoms. The van der Waals surface area contributed by atoms with E-state index in [4.69, 9.17) is 0 Å². The fraction of sp³-hybridized carbons (Fsp3) is 0.278. The number of aldehydes is 1. The normalized spacial score (nSPS) is 15.7. The Bertz CT molecular complexity index is 635. The summed E-state index contributed by atoms with van der Waals surface area (Å²) in [5, 5.41) is 9.94. The van der Waals surface area contributed by atoms with E-state index in [9.17, 15) is 9.90 Å². The summed E-state index contributed by atoms with van der Waals surface area (Å²) in [6, 6.07) is 15.4. The molecule has 0 radical (unpaired) electrons. The van der Waals surface area contributed by atoms with Crippen LogP contribution in [0.25, 0.3) is 0 Å². The second-order valence-corrected chi connectivity index (χ2v) is 5.60. The third kappa shape index (κ3) is 3.28. The highest BCUT2D eigenvalue weighted by molar-refractivity contribution is 5.75. The number of hydrogen-bond acceptors (Lipinski definition) is 4. The average molecular weight is 296 g/mol. The molecule has 3 rings (SSSR count). The first-order chi connectivity index (χ1) is 10.8. The van der Waals surface area contributed by atoms with Crippen molar-refractivity contribution in [2.24, 2.45) is 0 Å². The van der Waals surface area contributed by atoms with Gasteiger partial charge in [0.25, 0.3) is 0 Å². The number of phenols is 1. The molecule has 0 aliphatic carbocycles. The van der Waals surface area contributed by atoms with Gasteiger partial charge < -0.3 is 10.0 Å². The molecule has 0 amide bonds. The smallest absolute Gasteiger partial charge is 0.150 e. The van der Waals surface area contributed by atoms with Gasteiger partial charge in [-0.05, 0) is 30.3 Å². The number of carbonyl (C=O) groups excluding carboxylic acids is 1. The third-order valence-corrected chi connectivity index (χ3v) is 4.13. The number of piperazine rings is 1. The highest BCUT2D eigenvalue weighted by Gasteiger charge is 2.18. The van der Waals surface area contributed by atoms with Gasteiger partial charge in [0.2, 0.25) is 0 Å². The first-order valence-electron chi connectivity index (χ1n) is 7.56. The molecule has 4 heteroatoms. The van der Waals surface area contributed by atoms with Crippen LogP contribution in [0.4, 0.5) is 5.69 Å². The molecule has 1 heterocycles. The van der Waals surface area contributed by atoms with Gasteiger partial charge in [0, 0.05) is 49.5 Å². The standard InChI is InChI=1S/C18H20N2O2/c21-14-15-6-7-18(22)16(12-15)13-19-8-10-20(11-9-19)17-4-2-1-3-5-17/h1-7,12,14,22H,8-11,13H2. The predicted octanol–water partition coefficient (Wildman–Crippen LogP) is 2.53. The number of phenolic OH excluding ortho intramolecular Hbond substituents is 1. The van der Waals surface area contributed by atoms with Gasteiger partial charge in [0.05, 0.1) is 0 Å². The Labute approximate surface area is 130 Å². The third-order valence-electron chi connectivity index (χ3n) is 4.13. The van der Waals surface area contributed by atoms with Crippen molar-refractivity contribution in [3.8, 4) is 5.75 Å². The van der Waals surface area contributed by atoms with Gasteiger partial charge in [-0.2, -0.15) is 0 Å². The van der Waals surface area contributed by atoms with E-state index >= 15 is 0 Å². The largest absolute Gasteiger partial charge is 0.508 e. The van der Waals surface area contributed by atoms with Crippen LogP contribution >= 0.6 is 0 Å². The molecule has 4 nitrogen and oxygen atoms in total. The number of benzene rings is 2. The van der Waals surface area contributed by atoms with E-state index < -0.39 is 0 Å². The fourth-order valence-corrected chi connectivity index (χ4v) is 2.85. The first kappa shape index (κ1) is 14.6. The van der Waals surface area contributed by atoms with Crippen molar-refractivity contribution in [3.63, 3.8) is 0 Å². The summed E-state index contributed by atoms with van der Waals surface area (Å²) >= 11 is 0. The predicted molar refractivity (Wildman–Crippen MR) is 87.4 cm³/mol. The van der Waals surface area contributed by atoms with Crippen LogP contribution < -0.4 is 4.90 Å². The van der Waals surface area contributed by atoms with Crippen molar-refractivity contribution >= 4 is 12.0 Å². The van der Waals surface area contributed by atoms with Crippen LogP contribution in [0.15, 0.2) is 48.5 Å². The lowest BCUT2D eigenvalue weighted by Gasteiger charge is -2.36. The summed E-state index contributed by atoms with van der Waals surface area (Å²) in [5.41, 5.74) is 2.68. The summed E-state index contributed by atoms with van der Waals surface area (Å²) in [6.07, 6.45) is 0.816. The molecule has 2 aromatic rings. The van der Waals surface area contributed by atoms with E-state index in [0.717, 1.165) is 38.0 Å². The highest BCUT2D eigenvalue weighted by atomic mass is 16.3. The lowest BCUT2D eigenvalue weighted by molar-refractivity contribution is 0.112. The molecule has 1 N–H and O–H groups in total. The number of rotatable bonds is 4. The zero-order chi connectivity index (χ0) is 15.4. The molecule has 0 unspecified atom stereocenters. The van der Waals surface area contributed by atoms with Crippen LogP contribution in [-0.2, 0) is 6.54 Å². The Balaban J connectivity index is 1.61. The summed E-state index contributed by atoms with van der Waals surface area (Å²) < 4.78 is 0. The number of anilines is 1. The zero-order valence-electron chi connectivity index (χ0n) is 12.5. The Morgan fingerprint density at radius 2 is 1.73 bits per heavy atom. The minimum absolute atomic E-state index is 0.260. The molecule has 1 fully saturated rings. The minimum atomic E-state index is 0.260. The summed E-state index contributed by atoms with van der Waals surface area (Å²) in [6.45, 7) is 4.51. The number of nitrogens with zero attached hydrogens (tertiary/aromatic N) is 2. The molecule has 0 saturated carbocycles. The Morgan fingerprint density at radius 3 is 2.41 bits per heavy atom. The molecule has 22 heavy (non-hydrogen) atoms. The molecule has 0 aromatic heterocycles. The Morgan fingerprint density at radius 1 is 1.00 bits per heavy atom. The van der Waals surface area contributed by atoms with Crippen LogP contribution in [0.2, 0.25) is 0 Å². The highest BCUT2D eigenvalue weighted by Crippen LogP contribution is 2.21. The molecule has 2 aromatic carbocycles. The van der Waals surface area contributed by atoms with Crippen LogP contribution in [-0.4, -0.2) is 42.5 Å². The van der Waals surface area contributed by atoms with Crippen LogP contribution in [0.3, 0.4) is 0 Å². The molecule has 1 saturated heterocycles. The van der Waals surface area contributed by atoms with E-state index in [1.165, 1.54) is 5.69 Å². The van der Waals surface area contributed by atoms with Crippen molar-refractivity contribution in [3.05, 3.63) is 59.7 Å². The lowest BCUT2D eigenvalue weighted by Crippen LogP contribution is -2.45. The molecule has 0 atom stereocenters. The quantitative estimate of drug-likeness (QED) is 0.881. The molecular formula is C18H20N2O2. The average Bonchev–Trinajstić information content (AvgIpc) is 2.58. The van der Waals surface area contributed by atoms with Gasteiger partial charge in [-0.1, -0.05) is 18.2 Å². The van der Waals surface area contributed by atoms with E-state index in [1.54, 1.807) is 18.2 Å². The fourth-order valence-electron chi connectivity index (χ4n) is 2.85. The van der Waals surface area contributed by atoms with Crippen molar-refractivity contribution in [2.45, 2.75) is 6.54 Å². The van der Waals surface area contributed by atoms with Crippen molar-refractivity contribution < 1.29 is 9.90 Å². The maximum atomic E-state index is 10.9. The topological polar surface area (TPSA) is 43.8 Å². The molecule has 114 valence electrons.